The molecule has 35 heavy (non-hydrogen) atoms. The van der Waals surface area contributed by atoms with E-state index in [9.17, 15) is 18.0 Å². The third-order valence-electron chi connectivity index (χ3n) is 5.23. The van der Waals surface area contributed by atoms with Crippen LogP contribution in [0.1, 0.15) is 12.8 Å². The molecule has 0 radical (unpaired) electrons. The zero-order valence-corrected chi connectivity index (χ0v) is 20.5. The summed E-state index contributed by atoms with van der Waals surface area (Å²) < 4.78 is 40.3. The number of fused-ring (bicyclic) bond motifs is 2. The summed E-state index contributed by atoms with van der Waals surface area (Å²) in [5, 5.41) is 11.4. The van der Waals surface area contributed by atoms with Crippen LogP contribution in [0, 0.1) is 0 Å². The van der Waals surface area contributed by atoms with Crippen molar-refractivity contribution in [3.05, 3.63) is 60.7 Å². The number of methoxy groups -OCH3 is 2. The molecular weight excluding hydrogens is 492 g/mol. The number of anilines is 3. The van der Waals surface area contributed by atoms with Gasteiger partial charge in [0.1, 0.15) is 16.4 Å². The standard InChI is InChI=1S/C24H22N2O7S2/c1-32-18-14-19(33-2)22(13-15(18)25-23(27)11-12-24(28)29)35(30,31)26-16-7-3-5-9-20(16)34-21-10-6-4-8-17(21)26/h3-10,13-14H,11-12H2,1-2H3,(H,25,27)(H,28,29). The lowest BCUT2D eigenvalue weighted by Gasteiger charge is -2.32. The quantitative estimate of drug-likeness (QED) is 0.451. The van der Waals surface area contributed by atoms with E-state index in [-0.39, 0.29) is 34.9 Å². The number of hydrogen-bond donors (Lipinski definition) is 2. The van der Waals surface area contributed by atoms with Crippen LogP contribution in [0.4, 0.5) is 17.1 Å². The second kappa shape index (κ2) is 9.88. The van der Waals surface area contributed by atoms with Crippen molar-refractivity contribution in [2.24, 2.45) is 0 Å². The minimum absolute atomic E-state index is 0.0265. The average molecular weight is 515 g/mol. The Kier molecular flexibility index (Phi) is 6.90. The van der Waals surface area contributed by atoms with Crippen LogP contribution in [0.5, 0.6) is 11.5 Å². The molecule has 1 aliphatic rings. The van der Waals surface area contributed by atoms with Gasteiger partial charge in [0.2, 0.25) is 5.91 Å². The molecule has 0 unspecified atom stereocenters. The first-order valence-corrected chi connectivity index (χ1v) is 12.7. The van der Waals surface area contributed by atoms with Crippen molar-refractivity contribution in [1.29, 1.82) is 0 Å². The largest absolute Gasteiger partial charge is 0.495 e. The number of sulfonamides is 1. The van der Waals surface area contributed by atoms with Gasteiger partial charge in [-0.2, -0.15) is 0 Å². The van der Waals surface area contributed by atoms with Gasteiger partial charge < -0.3 is 19.9 Å². The van der Waals surface area contributed by atoms with Crippen LogP contribution in [0.25, 0.3) is 0 Å². The zero-order chi connectivity index (χ0) is 25.2. The van der Waals surface area contributed by atoms with Crippen LogP contribution in [0.3, 0.4) is 0 Å². The van der Waals surface area contributed by atoms with Crippen molar-refractivity contribution in [2.75, 3.05) is 23.8 Å². The number of carboxylic acids is 1. The Balaban J connectivity index is 1.85. The Morgan fingerprint density at radius 2 is 1.49 bits per heavy atom. The zero-order valence-electron chi connectivity index (χ0n) is 18.8. The lowest BCUT2D eigenvalue weighted by atomic mass is 10.2. The minimum atomic E-state index is -4.25. The maximum Gasteiger partial charge on any atom is 0.303 e. The fraction of sp³-hybridized carbons (Fsp3) is 0.167. The number of carbonyl (C=O) groups excluding carboxylic acids is 1. The van der Waals surface area contributed by atoms with Crippen LogP contribution in [-0.4, -0.2) is 39.6 Å². The summed E-state index contributed by atoms with van der Waals surface area (Å²) >= 11 is 1.47. The van der Waals surface area contributed by atoms with Crippen molar-refractivity contribution in [3.63, 3.8) is 0 Å². The molecule has 0 aliphatic carbocycles. The Morgan fingerprint density at radius 1 is 0.914 bits per heavy atom. The van der Waals surface area contributed by atoms with E-state index in [0.717, 1.165) is 9.79 Å². The second-order valence-electron chi connectivity index (χ2n) is 7.45. The van der Waals surface area contributed by atoms with Gasteiger partial charge in [-0.3, -0.25) is 9.59 Å². The number of ether oxygens (including phenoxy) is 2. The van der Waals surface area contributed by atoms with E-state index in [2.05, 4.69) is 5.32 Å². The highest BCUT2D eigenvalue weighted by Crippen LogP contribution is 2.51. The molecule has 3 aromatic carbocycles. The summed E-state index contributed by atoms with van der Waals surface area (Å²) in [5.74, 6) is -1.52. The van der Waals surface area contributed by atoms with Gasteiger partial charge in [-0.1, -0.05) is 36.0 Å². The first kappa shape index (κ1) is 24.4. The number of hydrogen-bond acceptors (Lipinski definition) is 7. The molecule has 11 heteroatoms. The van der Waals surface area contributed by atoms with Gasteiger partial charge in [0.05, 0.1) is 37.7 Å². The summed E-state index contributed by atoms with van der Waals surface area (Å²) in [5.41, 5.74) is 1.05. The van der Waals surface area contributed by atoms with E-state index in [0.29, 0.717) is 11.4 Å². The molecule has 9 nitrogen and oxygen atoms in total. The lowest BCUT2D eigenvalue weighted by Crippen LogP contribution is -2.29. The number of carboxylic acid groups (broad SMARTS) is 1. The third-order valence-corrected chi connectivity index (χ3v) is 8.11. The number of para-hydroxylation sites is 2. The summed E-state index contributed by atoms with van der Waals surface area (Å²) in [6.45, 7) is 0. The summed E-state index contributed by atoms with van der Waals surface area (Å²) in [4.78, 5) is 24.5. The number of benzene rings is 3. The van der Waals surface area contributed by atoms with E-state index in [1.807, 2.05) is 24.3 Å². The summed E-state index contributed by atoms with van der Waals surface area (Å²) in [7, 11) is -1.54. The van der Waals surface area contributed by atoms with Crippen molar-refractivity contribution in [3.8, 4) is 11.5 Å². The lowest BCUT2D eigenvalue weighted by molar-refractivity contribution is -0.138. The number of nitrogens with zero attached hydrogens (tertiary/aromatic N) is 1. The Hall–Kier alpha value is -3.70. The molecule has 0 bridgehead atoms. The molecule has 182 valence electrons. The number of nitrogens with one attached hydrogen (secondary N) is 1. The SMILES string of the molecule is COc1cc(OC)c(S(=O)(=O)N2c3ccccc3Sc3ccccc32)cc1NC(=O)CCC(=O)O. The first-order chi connectivity index (χ1) is 16.8. The van der Waals surface area contributed by atoms with Crippen molar-refractivity contribution < 1.29 is 32.6 Å². The van der Waals surface area contributed by atoms with E-state index >= 15 is 0 Å². The van der Waals surface area contributed by atoms with Gasteiger partial charge in [0, 0.05) is 22.3 Å². The monoisotopic (exact) mass is 514 g/mol. The molecule has 0 saturated carbocycles. The predicted octanol–water partition coefficient (Wildman–Crippen LogP) is 4.50. The van der Waals surface area contributed by atoms with Gasteiger partial charge in [-0.05, 0) is 30.3 Å². The first-order valence-electron chi connectivity index (χ1n) is 10.4. The second-order valence-corrected chi connectivity index (χ2v) is 10.3. The van der Waals surface area contributed by atoms with E-state index < -0.39 is 21.9 Å². The van der Waals surface area contributed by atoms with Gasteiger partial charge >= 0.3 is 5.97 Å². The highest BCUT2D eigenvalue weighted by Gasteiger charge is 2.36. The van der Waals surface area contributed by atoms with E-state index in [4.69, 9.17) is 14.6 Å². The van der Waals surface area contributed by atoms with Crippen LogP contribution in [0.2, 0.25) is 0 Å². The molecular formula is C24H22N2O7S2. The molecule has 4 rings (SSSR count). The Labute approximate surface area is 206 Å². The van der Waals surface area contributed by atoms with E-state index in [1.54, 1.807) is 24.3 Å². The number of carbonyl (C=O) groups is 2. The molecule has 1 heterocycles. The van der Waals surface area contributed by atoms with E-state index in [1.165, 1.54) is 42.4 Å². The minimum Gasteiger partial charge on any atom is -0.495 e. The molecule has 2 N–H and O–H groups in total. The molecule has 1 amide bonds. The maximum absolute atomic E-state index is 14.2. The molecule has 0 atom stereocenters. The molecule has 0 spiro atoms. The molecule has 0 fully saturated rings. The smallest absolute Gasteiger partial charge is 0.303 e. The molecule has 0 aromatic heterocycles. The predicted molar refractivity (Wildman–Crippen MR) is 131 cm³/mol. The maximum atomic E-state index is 14.2. The van der Waals surface area contributed by atoms with Gasteiger partial charge in [0.25, 0.3) is 10.0 Å². The molecule has 3 aromatic rings. The van der Waals surface area contributed by atoms with Gasteiger partial charge in [-0.25, -0.2) is 12.7 Å². The van der Waals surface area contributed by atoms with Gasteiger partial charge in [-0.15, -0.1) is 0 Å². The molecule has 0 saturated heterocycles. The number of amides is 1. The van der Waals surface area contributed by atoms with Crippen LogP contribution < -0.4 is 19.1 Å². The fourth-order valence-electron chi connectivity index (χ4n) is 3.63. The number of aliphatic carboxylic acids is 1. The fourth-order valence-corrected chi connectivity index (χ4v) is 6.50. The average Bonchev–Trinajstić information content (AvgIpc) is 2.85. The summed E-state index contributed by atoms with van der Waals surface area (Å²) in [6, 6.07) is 17.0. The van der Waals surface area contributed by atoms with Crippen molar-refractivity contribution >= 4 is 50.7 Å². The van der Waals surface area contributed by atoms with Crippen molar-refractivity contribution in [1.82, 2.24) is 0 Å². The highest BCUT2D eigenvalue weighted by atomic mass is 32.2. The number of rotatable bonds is 8. The Morgan fingerprint density at radius 3 is 2.03 bits per heavy atom. The highest BCUT2D eigenvalue weighted by molar-refractivity contribution is 8.00. The molecule has 1 aliphatic heterocycles. The van der Waals surface area contributed by atoms with Crippen LogP contribution >= 0.6 is 11.8 Å². The third kappa shape index (κ3) is 4.77. The van der Waals surface area contributed by atoms with Gasteiger partial charge in [0.15, 0.2) is 0 Å². The van der Waals surface area contributed by atoms with Crippen LogP contribution in [0.15, 0.2) is 75.4 Å². The van der Waals surface area contributed by atoms with Crippen LogP contribution in [-0.2, 0) is 19.6 Å². The summed E-state index contributed by atoms with van der Waals surface area (Å²) in [6.07, 6.45) is -0.648. The van der Waals surface area contributed by atoms with Crippen molar-refractivity contribution in [2.45, 2.75) is 27.5 Å². The topological polar surface area (TPSA) is 122 Å². The normalized spacial score (nSPS) is 12.3. The Bertz CT molecular complexity index is 1360.